The maximum absolute atomic E-state index is 11.6. The smallest absolute Gasteiger partial charge is 0.316 e. The first kappa shape index (κ1) is 16.9. The molecular weight excluding hydrogens is 388 g/mol. The molecule has 3 aromatic rings. The second-order valence-corrected chi connectivity index (χ2v) is 6.88. The number of ether oxygens (including phenoxy) is 1. The Kier molecular flexibility index (Phi) is 5.48. The highest BCUT2D eigenvalue weighted by Crippen LogP contribution is 2.32. The molecule has 0 radical (unpaired) electrons. The van der Waals surface area contributed by atoms with E-state index in [-0.39, 0.29) is 11.7 Å². The molecule has 4 nitrogen and oxygen atoms in total. The number of thioether (sulfide) groups is 1. The lowest BCUT2D eigenvalue weighted by Gasteiger charge is -2.09. The third kappa shape index (κ3) is 3.76. The van der Waals surface area contributed by atoms with E-state index >= 15 is 0 Å². The fourth-order valence-electron chi connectivity index (χ4n) is 2.34. The number of esters is 1. The number of benzene rings is 2. The molecule has 0 unspecified atom stereocenters. The van der Waals surface area contributed by atoms with E-state index in [1.54, 1.807) is 6.92 Å². The van der Waals surface area contributed by atoms with Gasteiger partial charge in [-0.15, -0.1) is 10.2 Å². The van der Waals surface area contributed by atoms with E-state index in [2.05, 4.69) is 26.1 Å². The van der Waals surface area contributed by atoms with Crippen molar-refractivity contribution < 1.29 is 9.53 Å². The van der Waals surface area contributed by atoms with Crippen molar-refractivity contribution >= 4 is 44.4 Å². The zero-order chi connectivity index (χ0) is 16.9. The molecule has 0 aliphatic heterocycles. The second-order valence-electron chi connectivity index (χ2n) is 5.00. The number of carbonyl (C=O) groups is 1. The van der Waals surface area contributed by atoms with Gasteiger partial charge in [0.05, 0.1) is 12.4 Å². The fraction of sp³-hybridized carbons (Fsp3) is 0.167. The first-order chi connectivity index (χ1) is 11.7. The van der Waals surface area contributed by atoms with Crippen molar-refractivity contribution in [2.45, 2.75) is 11.9 Å². The summed E-state index contributed by atoms with van der Waals surface area (Å²) in [6.07, 6.45) is 0. The summed E-state index contributed by atoms with van der Waals surface area (Å²) in [6.45, 7) is 2.18. The van der Waals surface area contributed by atoms with Crippen LogP contribution >= 0.6 is 27.7 Å². The highest BCUT2D eigenvalue weighted by atomic mass is 79.9. The van der Waals surface area contributed by atoms with Crippen LogP contribution in [0.5, 0.6) is 0 Å². The van der Waals surface area contributed by atoms with Crippen LogP contribution in [-0.2, 0) is 9.53 Å². The first-order valence-corrected chi connectivity index (χ1v) is 9.26. The minimum Gasteiger partial charge on any atom is -0.465 e. The number of carbonyl (C=O) groups excluding carboxylic acids is 1. The minimum atomic E-state index is -0.245. The highest BCUT2D eigenvalue weighted by molar-refractivity contribution is 9.10. The third-order valence-corrected chi connectivity index (χ3v) is 4.89. The predicted molar refractivity (Wildman–Crippen MR) is 100 cm³/mol. The molecule has 1 aromatic heterocycles. The Hall–Kier alpha value is -1.92. The SMILES string of the molecule is CCOC(=O)CSc1nnc(-c2ccc(Br)cc2)c2ccccc12. The number of hydrogen-bond donors (Lipinski definition) is 0. The van der Waals surface area contributed by atoms with E-state index in [1.165, 1.54) is 11.8 Å². The van der Waals surface area contributed by atoms with Gasteiger partial charge in [0.15, 0.2) is 0 Å². The van der Waals surface area contributed by atoms with Gasteiger partial charge in [-0.3, -0.25) is 4.79 Å². The first-order valence-electron chi connectivity index (χ1n) is 7.49. The van der Waals surface area contributed by atoms with Gasteiger partial charge in [-0.2, -0.15) is 0 Å². The summed E-state index contributed by atoms with van der Waals surface area (Å²) in [6, 6.07) is 15.9. The van der Waals surface area contributed by atoms with Crippen LogP contribution in [0.15, 0.2) is 58.0 Å². The van der Waals surface area contributed by atoms with Crippen LogP contribution in [0.3, 0.4) is 0 Å². The summed E-state index contributed by atoms with van der Waals surface area (Å²) in [5, 5.41) is 11.5. The molecule has 0 amide bonds. The molecule has 122 valence electrons. The molecule has 24 heavy (non-hydrogen) atoms. The van der Waals surface area contributed by atoms with Crippen LogP contribution in [0.2, 0.25) is 0 Å². The van der Waals surface area contributed by atoms with Gasteiger partial charge in [0.2, 0.25) is 0 Å². The van der Waals surface area contributed by atoms with Gasteiger partial charge in [0, 0.05) is 20.8 Å². The summed E-state index contributed by atoms with van der Waals surface area (Å²) < 4.78 is 5.99. The van der Waals surface area contributed by atoms with Gasteiger partial charge in [0.25, 0.3) is 0 Å². The molecule has 3 rings (SSSR count). The van der Waals surface area contributed by atoms with E-state index < -0.39 is 0 Å². The maximum Gasteiger partial charge on any atom is 0.316 e. The molecule has 0 saturated heterocycles. The Morgan fingerprint density at radius 1 is 1.08 bits per heavy atom. The maximum atomic E-state index is 11.6. The number of rotatable bonds is 5. The molecule has 6 heteroatoms. The number of halogens is 1. The summed E-state index contributed by atoms with van der Waals surface area (Å²) in [5.41, 5.74) is 1.84. The average molecular weight is 403 g/mol. The summed E-state index contributed by atoms with van der Waals surface area (Å²) in [7, 11) is 0. The van der Waals surface area contributed by atoms with Crippen molar-refractivity contribution in [3.63, 3.8) is 0 Å². The molecule has 0 saturated carbocycles. The van der Waals surface area contributed by atoms with Crippen molar-refractivity contribution in [2.75, 3.05) is 12.4 Å². The number of hydrogen-bond acceptors (Lipinski definition) is 5. The molecule has 0 N–H and O–H groups in total. The van der Waals surface area contributed by atoms with Gasteiger partial charge in [-0.25, -0.2) is 0 Å². The molecule has 0 atom stereocenters. The van der Waals surface area contributed by atoms with E-state index in [0.717, 1.165) is 31.5 Å². The molecule has 0 aliphatic carbocycles. The third-order valence-electron chi connectivity index (χ3n) is 3.40. The van der Waals surface area contributed by atoms with Crippen LogP contribution in [0, 0.1) is 0 Å². The molecule has 0 bridgehead atoms. The Bertz CT molecular complexity index is 869. The second kappa shape index (κ2) is 7.77. The Morgan fingerprint density at radius 3 is 2.50 bits per heavy atom. The zero-order valence-corrected chi connectivity index (χ0v) is 15.4. The van der Waals surface area contributed by atoms with Crippen molar-refractivity contribution in [2.24, 2.45) is 0 Å². The van der Waals surface area contributed by atoms with Crippen LogP contribution in [0.1, 0.15) is 6.92 Å². The fourth-order valence-corrected chi connectivity index (χ4v) is 3.37. The molecule has 0 spiro atoms. The molecule has 1 heterocycles. The van der Waals surface area contributed by atoms with Crippen molar-refractivity contribution in [1.29, 1.82) is 0 Å². The Morgan fingerprint density at radius 2 is 1.79 bits per heavy atom. The number of aromatic nitrogens is 2. The predicted octanol–water partition coefficient (Wildman–Crippen LogP) is 4.71. The molecule has 0 aliphatic rings. The van der Waals surface area contributed by atoms with Gasteiger partial charge in [-0.1, -0.05) is 64.1 Å². The molecule has 0 fully saturated rings. The average Bonchev–Trinajstić information content (AvgIpc) is 2.61. The Balaban J connectivity index is 1.98. The number of nitrogens with zero attached hydrogens (tertiary/aromatic N) is 2. The van der Waals surface area contributed by atoms with Gasteiger partial charge in [-0.05, 0) is 19.1 Å². The van der Waals surface area contributed by atoms with Crippen LogP contribution in [0.25, 0.3) is 22.0 Å². The van der Waals surface area contributed by atoms with E-state index in [0.29, 0.717) is 6.61 Å². The van der Waals surface area contributed by atoms with Crippen molar-refractivity contribution in [3.05, 3.63) is 53.0 Å². The van der Waals surface area contributed by atoms with E-state index in [4.69, 9.17) is 4.74 Å². The lowest BCUT2D eigenvalue weighted by atomic mass is 10.1. The van der Waals surface area contributed by atoms with Crippen LogP contribution in [-0.4, -0.2) is 28.5 Å². The summed E-state index contributed by atoms with van der Waals surface area (Å²) in [4.78, 5) is 11.6. The summed E-state index contributed by atoms with van der Waals surface area (Å²) in [5.74, 6) is -0.0187. The van der Waals surface area contributed by atoms with Gasteiger partial charge >= 0.3 is 5.97 Å². The van der Waals surface area contributed by atoms with Crippen LogP contribution in [0.4, 0.5) is 0 Å². The standard InChI is InChI=1S/C18H15BrN2O2S/c1-2-23-16(22)11-24-18-15-6-4-3-5-14(15)17(20-21-18)12-7-9-13(19)10-8-12/h3-10H,2,11H2,1H3. The molecule has 2 aromatic carbocycles. The monoisotopic (exact) mass is 402 g/mol. The zero-order valence-electron chi connectivity index (χ0n) is 13.0. The Labute approximate surface area is 152 Å². The van der Waals surface area contributed by atoms with Crippen LogP contribution < -0.4 is 0 Å². The van der Waals surface area contributed by atoms with Crippen molar-refractivity contribution in [1.82, 2.24) is 10.2 Å². The normalized spacial score (nSPS) is 10.8. The lowest BCUT2D eigenvalue weighted by molar-refractivity contribution is -0.139. The largest absolute Gasteiger partial charge is 0.465 e. The number of fused-ring (bicyclic) bond motifs is 1. The van der Waals surface area contributed by atoms with E-state index in [9.17, 15) is 4.79 Å². The van der Waals surface area contributed by atoms with Gasteiger partial charge < -0.3 is 4.74 Å². The lowest BCUT2D eigenvalue weighted by Crippen LogP contribution is -2.07. The topological polar surface area (TPSA) is 52.1 Å². The summed E-state index contributed by atoms with van der Waals surface area (Å²) >= 11 is 4.79. The highest BCUT2D eigenvalue weighted by Gasteiger charge is 2.13. The van der Waals surface area contributed by atoms with Gasteiger partial charge in [0.1, 0.15) is 10.7 Å². The quantitative estimate of drug-likeness (QED) is 0.456. The minimum absolute atomic E-state index is 0.226. The van der Waals surface area contributed by atoms with Crippen molar-refractivity contribution in [3.8, 4) is 11.3 Å². The van der Waals surface area contributed by atoms with E-state index in [1.807, 2.05) is 48.5 Å². The molecular formula is C18H15BrN2O2S.